The topological polar surface area (TPSA) is 174 Å². The van der Waals surface area contributed by atoms with Gasteiger partial charge in [-0.05, 0) is 31.5 Å². The molecule has 0 atom stereocenters. The number of benzene rings is 1. The summed E-state index contributed by atoms with van der Waals surface area (Å²) in [4.78, 5) is 46.0. The van der Waals surface area contributed by atoms with Crippen LogP contribution in [0.25, 0.3) is 0 Å². The summed E-state index contributed by atoms with van der Waals surface area (Å²) in [6.07, 6.45) is -0.333. The third kappa shape index (κ3) is 8.61. The maximum absolute atomic E-state index is 12.4. The third-order valence-corrected chi connectivity index (χ3v) is 6.64. The first-order valence-electron chi connectivity index (χ1n) is 10.2. The normalized spacial score (nSPS) is 14.1. The van der Waals surface area contributed by atoms with Crippen molar-refractivity contribution in [2.24, 2.45) is 0 Å². The molecule has 2 rings (SSSR count). The monoisotopic (exact) mass is 502 g/mol. The minimum absolute atomic E-state index is 0.165. The molecule has 1 aliphatic rings. The molecule has 0 saturated carbocycles. The molecule has 14 heteroatoms. The summed E-state index contributed by atoms with van der Waals surface area (Å²) < 4.78 is 30.9. The van der Waals surface area contributed by atoms with Crippen molar-refractivity contribution in [1.82, 2.24) is 14.1 Å². The van der Waals surface area contributed by atoms with Crippen molar-refractivity contribution in [2.45, 2.75) is 18.7 Å². The van der Waals surface area contributed by atoms with Crippen molar-refractivity contribution < 1.29 is 42.5 Å². The van der Waals surface area contributed by atoms with Crippen LogP contribution in [-0.2, 0) is 29.1 Å². The minimum Gasteiger partial charge on any atom is -0.473 e. The van der Waals surface area contributed by atoms with Gasteiger partial charge in [0.1, 0.15) is 0 Å². The second kappa shape index (κ2) is 12.9. The predicted molar refractivity (Wildman–Crippen MR) is 121 cm³/mol. The van der Waals surface area contributed by atoms with E-state index in [1.165, 1.54) is 20.2 Å². The fourth-order valence-corrected chi connectivity index (χ4v) is 4.00. The molecule has 13 nitrogen and oxygen atoms in total. The van der Waals surface area contributed by atoms with E-state index in [-0.39, 0.29) is 23.4 Å². The van der Waals surface area contributed by atoms with Crippen molar-refractivity contribution in [3.63, 3.8) is 0 Å². The number of anilines is 1. The fourth-order valence-electron chi connectivity index (χ4n) is 2.86. The Morgan fingerprint density at radius 2 is 1.62 bits per heavy atom. The molecule has 1 aliphatic heterocycles. The second-order valence-electron chi connectivity index (χ2n) is 7.39. The van der Waals surface area contributed by atoms with Crippen LogP contribution < -0.4 is 5.32 Å². The number of carboxylic acid groups (broad SMARTS) is 2. The second-order valence-corrected chi connectivity index (χ2v) is 9.51. The van der Waals surface area contributed by atoms with Gasteiger partial charge in [-0.1, -0.05) is 6.07 Å². The van der Waals surface area contributed by atoms with E-state index in [1.54, 1.807) is 30.9 Å². The predicted octanol–water partition coefficient (Wildman–Crippen LogP) is 0.114. The molecule has 2 amide bonds. The van der Waals surface area contributed by atoms with Gasteiger partial charge in [0.25, 0.3) is 0 Å². The van der Waals surface area contributed by atoms with E-state index in [0.717, 1.165) is 4.31 Å². The summed E-state index contributed by atoms with van der Waals surface area (Å²) in [5, 5.41) is 17.5. The van der Waals surface area contributed by atoms with Crippen molar-refractivity contribution >= 4 is 39.6 Å². The number of carboxylic acids is 2. The van der Waals surface area contributed by atoms with E-state index in [2.05, 4.69) is 5.32 Å². The number of sulfonamides is 1. The van der Waals surface area contributed by atoms with Crippen molar-refractivity contribution in [1.29, 1.82) is 0 Å². The van der Waals surface area contributed by atoms with E-state index in [0.29, 0.717) is 44.0 Å². The Morgan fingerprint density at radius 1 is 1.06 bits per heavy atom. The Morgan fingerprint density at radius 3 is 2.09 bits per heavy atom. The number of hydrogen-bond acceptors (Lipinski definition) is 8. The zero-order chi connectivity index (χ0) is 26.1. The standard InChI is InChI=1S/C18H28N4O5S.C2H2O4/c1-5-27-18(24)22-10-8-21(9-11-22)13-17(23)19-15-7-6-14(2)16(12-15)28(25,26)20(3)4;3-1(4)2(5)6/h6-7,12H,5,8-11,13H2,1-4H3,(H,19,23);(H,3,4)(H,5,6). The maximum atomic E-state index is 12.4. The Bertz CT molecular complexity index is 991. The van der Waals surface area contributed by atoms with Crippen LogP contribution in [0, 0.1) is 6.92 Å². The summed E-state index contributed by atoms with van der Waals surface area (Å²) in [6, 6.07) is 4.83. The first kappa shape index (κ1) is 28.8. The van der Waals surface area contributed by atoms with Crippen LogP contribution in [-0.4, -0.2) is 110 Å². The molecule has 0 bridgehead atoms. The lowest BCUT2D eigenvalue weighted by Crippen LogP contribution is -2.50. The van der Waals surface area contributed by atoms with Crippen LogP contribution in [0.2, 0.25) is 0 Å². The molecule has 190 valence electrons. The lowest BCUT2D eigenvalue weighted by Gasteiger charge is -2.33. The molecule has 0 unspecified atom stereocenters. The number of carbonyl (C=O) groups is 4. The van der Waals surface area contributed by atoms with Gasteiger partial charge in [-0.3, -0.25) is 9.69 Å². The highest BCUT2D eigenvalue weighted by Crippen LogP contribution is 2.22. The Labute approximate surface area is 197 Å². The summed E-state index contributed by atoms with van der Waals surface area (Å²) >= 11 is 0. The number of piperazine rings is 1. The van der Waals surface area contributed by atoms with Gasteiger partial charge < -0.3 is 25.2 Å². The molecule has 0 spiro atoms. The summed E-state index contributed by atoms with van der Waals surface area (Å²) in [7, 11) is -0.653. The Kier molecular flexibility index (Phi) is 10.9. The van der Waals surface area contributed by atoms with E-state index in [4.69, 9.17) is 24.5 Å². The van der Waals surface area contributed by atoms with Crippen LogP contribution in [0.3, 0.4) is 0 Å². The van der Waals surface area contributed by atoms with Gasteiger partial charge in [0, 0.05) is 46.0 Å². The van der Waals surface area contributed by atoms with Crippen LogP contribution in [0.5, 0.6) is 0 Å². The molecule has 3 N–H and O–H groups in total. The fraction of sp³-hybridized carbons (Fsp3) is 0.500. The number of hydrogen-bond donors (Lipinski definition) is 3. The SMILES string of the molecule is CCOC(=O)N1CCN(CC(=O)Nc2ccc(C)c(S(=O)(=O)N(C)C)c2)CC1.O=C(O)C(=O)O. The molecule has 1 fully saturated rings. The summed E-state index contributed by atoms with van der Waals surface area (Å²) in [5.74, 6) is -3.88. The molecule has 1 aromatic rings. The molecular weight excluding hydrogens is 472 g/mol. The average Bonchev–Trinajstić information content (AvgIpc) is 2.75. The first-order valence-corrected chi connectivity index (χ1v) is 11.7. The lowest BCUT2D eigenvalue weighted by atomic mass is 10.2. The smallest absolute Gasteiger partial charge is 0.414 e. The van der Waals surface area contributed by atoms with Gasteiger partial charge in [0.2, 0.25) is 15.9 Å². The van der Waals surface area contributed by atoms with Gasteiger partial charge in [0.05, 0.1) is 18.0 Å². The molecule has 1 saturated heterocycles. The van der Waals surface area contributed by atoms with Crippen LogP contribution in [0.15, 0.2) is 23.1 Å². The number of carbonyl (C=O) groups excluding carboxylic acids is 2. The zero-order valence-electron chi connectivity index (χ0n) is 19.5. The largest absolute Gasteiger partial charge is 0.473 e. The number of amides is 2. The minimum atomic E-state index is -3.59. The number of aryl methyl sites for hydroxylation is 1. The van der Waals surface area contributed by atoms with Crippen molar-refractivity contribution in [2.75, 3.05) is 58.7 Å². The van der Waals surface area contributed by atoms with E-state index in [9.17, 15) is 18.0 Å². The van der Waals surface area contributed by atoms with Crippen LogP contribution in [0.1, 0.15) is 12.5 Å². The molecule has 34 heavy (non-hydrogen) atoms. The van der Waals surface area contributed by atoms with Crippen molar-refractivity contribution in [3.8, 4) is 0 Å². The molecule has 0 aromatic heterocycles. The number of nitrogens with one attached hydrogen (secondary N) is 1. The highest BCUT2D eigenvalue weighted by Gasteiger charge is 2.24. The highest BCUT2D eigenvalue weighted by atomic mass is 32.2. The van der Waals surface area contributed by atoms with Gasteiger partial charge in [0.15, 0.2) is 0 Å². The Hall–Kier alpha value is -3.23. The number of aliphatic carboxylic acids is 2. The maximum Gasteiger partial charge on any atom is 0.414 e. The first-order chi connectivity index (χ1) is 15.8. The highest BCUT2D eigenvalue weighted by molar-refractivity contribution is 7.89. The van der Waals surface area contributed by atoms with E-state index < -0.39 is 22.0 Å². The van der Waals surface area contributed by atoms with Crippen LogP contribution >= 0.6 is 0 Å². The quantitative estimate of drug-likeness (QED) is 0.453. The molecular formula is C20H30N4O9S. The number of ether oxygens (including phenoxy) is 1. The average molecular weight is 503 g/mol. The third-order valence-electron chi connectivity index (χ3n) is 4.68. The zero-order valence-corrected chi connectivity index (χ0v) is 20.3. The lowest BCUT2D eigenvalue weighted by molar-refractivity contribution is -0.159. The summed E-state index contributed by atoms with van der Waals surface area (Å²) in [6.45, 7) is 6.12. The van der Waals surface area contributed by atoms with Gasteiger partial charge in [-0.25, -0.2) is 27.1 Å². The van der Waals surface area contributed by atoms with Gasteiger partial charge in [-0.2, -0.15) is 0 Å². The van der Waals surface area contributed by atoms with Crippen molar-refractivity contribution in [3.05, 3.63) is 23.8 Å². The van der Waals surface area contributed by atoms with Crippen LogP contribution in [0.4, 0.5) is 10.5 Å². The number of rotatable bonds is 6. The van der Waals surface area contributed by atoms with Gasteiger partial charge in [-0.15, -0.1) is 0 Å². The Balaban J connectivity index is 0.000000852. The molecule has 0 radical (unpaired) electrons. The molecule has 1 aromatic carbocycles. The summed E-state index contributed by atoms with van der Waals surface area (Å²) in [5.41, 5.74) is 1.04. The number of nitrogens with zero attached hydrogens (tertiary/aromatic N) is 3. The molecule has 0 aliphatic carbocycles. The van der Waals surface area contributed by atoms with E-state index in [1.807, 2.05) is 4.90 Å². The van der Waals surface area contributed by atoms with Gasteiger partial charge >= 0.3 is 18.0 Å². The molecule has 1 heterocycles. The van der Waals surface area contributed by atoms with E-state index >= 15 is 0 Å².